The van der Waals surface area contributed by atoms with Crippen LogP contribution < -0.4 is 9.47 Å². The van der Waals surface area contributed by atoms with Gasteiger partial charge >= 0.3 is 5.97 Å². The average Bonchev–Trinajstić information content (AvgIpc) is 2.61. The van der Waals surface area contributed by atoms with E-state index < -0.39 is 5.97 Å². The largest absolute Gasteiger partial charge is 0.497 e. The van der Waals surface area contributed by atoms with Crippen LogP contribution in [0.3, 0.4) is 0 Å². The maximum atomic E-state index is 12.1. The zero-order valence-corrected chi connectivity index (χ0v) is 13.3. The Bertz CT molecular complexity index is 644. The Balaban J connectivity index is 1.99. The van der Waals surface area contributed by atoms with Gasteiger partial charge in [-0.3, -0.25) is 0 Å². The second-order valence-electron chi connectivity index (χ2n) is 5.27. The quantitative estimate of drug-likeness (QED) is 0.444. The summed E-state index contributed by atoms with van der Waals surface area (Å²) in [6.07, 6.45) is 2.50. The summed E-state index contributed by atoms with van der Waals surface area (Å²) in [5, 5.41) is 0. The van der Waals surface area contributed by atoms with Crippen LogP contribution in [0.5, 0.6) is 11.5 Å². The molecule has 0 aromatic heterocycles. The van der Waals surface area contributed by atoms with Gasteiger partial charge in [0.15, 0.2) is 0 Å². The van der Waals surface area contributed by atoms with E-state index in [2.05, 4.69) is 0 Å². The molecule has 120 valence electrons. The summed E-state index contributed by atoms with van der Waals surface area (Å²) >= 11 is 0. The van der Waals surface area contributed by atoms with Gasteiger partial charge in [-0.15, -0.1) is 0 Å². The van der Waals surface area contributed by atoms with Gasteiger partial charge in [-0.05, 0) is 54.8 Å². The minimum Gasteiger partial charge on any atom is -0.497 e. The molecule has 1 unspecified atom stereocenters. The van der Waals surface area contributed by atoms with E-state index in [1.165, 1.54) is 0 Å². The van der Waals surface area contributed by atoms with Crippen LogP contribution in [-0.2, 0) is 11.2 Å². The number of ether oxygens (including phenoxy) is 2. The molecule has 4 nitrogen and oxygen atoms in total. The highest BCUT2D eigenvalue weighted by molar-refractivity contribution is 5.91. The minimum absolute atomic E-state index is 0.0303. The molecule has 0 amide bonds. The molecule has 0 saturated carbocycles. The second-order valence-corrected chi connectivity index (χ2v) is 5.27. The van der Waals surface area contributed by atoms with Gasteiger partial charge in [0, 0.05) is 5.92 Å². The molecule has 0 aliphatic heterocycles. The minimum atomic E-state index is -0.417. The number of benzene rings is 2. The van der Waals surface area contributed by atoms with Crippen molar-refractivity contribution in [3.05, 3.63) is 59.7 Å². The third-order valence-electron chi connectivity index (χ3n) is 3.67. The molecule has 2 aromatic carbocycles. The zero-order chi connectivity index (χ0) is 16.7. The van der Waals surface area contributed by atoms with Gasteiger partial charge in [-0.25, -0.2) is 4.79 Å². The monoisotopic (exact) mass is 312 g/mol. The van der Waals surface area contributed by atoms with Gasteiger partial charge in [0.2, 0.25) is 0 Å². The molecule has 0 radical (unpaired) electrons. The van der Waals surface area contributed by atoms with Crippen molar-refractivity contribution in [2.45, 2.75) is 19.8 Å². The summed E-state index contributed by atoms with van der Waals surface area (Å²) < 4.78 is 10.4. The lowest BCUT2D eigenvalue weighted by atomic mass is 9.98. The standard InChI is InChI=1S/C19H20O4/c1-3-14(13-20)12-15-4-8-18(9-5-15)23-19(21)16-6-10-17(22-2)11-7-16/h4-11,13-14H,3,12H2,1-2H3. The van der Waals surface area contributed by atoms with Crippen LogP contribution >= 0.6 is 0 Å². The van der Waals surface area contributed by atoms with Crippen LogP contribution in [0.15, 0.2) is 48.5 Å². The summed E-state index contributed by atoms with van der Waals surface area (Å²) in [6.45, 7) is 1.99. The second kappa shape index (κ2) is 8.13. The fourth-order valence-electron chi connectivity index (χ4n) is 2.18. The van der Waals surface area contributed by atoms with E-state index in [4.69, 9.17) is 9.47 Å². The maximum Gasteiger partial charge on any atom is 0.343 e. The number of carbonyl (C=O) groups excluding carboxylic acids is 2. The van der Waals surface area contributed by atoms with Crippen molar-refractivity contribution in [2.24, 2.45) is 5.92 Å². The van der Waals surface area contributed by atoms with E-state index in [0.29, 0.717) is 23.5 Å². The highest BCUT2D eigenvalue weighted by Crippen LogP contribution is 2.18. The molecule has 0 fully saturated rings. The zero-order valence-electron chi connectivity index (χ0n) is 13.3. The SMILES string of the molecule is CCC(C=O)Cc1ccc(OC(=O)c2ccc(OC)cc2)cc1. The average molecular weight is 312 g/mol. The molecule has 0 aliphatic rings. The first-order valence-electron chi connectivity index (χ1n) is 7.56. The topological polar surface area (TPSA) is 52.6 Å². The van der Waals surface area contributed by atoms with Crippen LogP contribution in [0, 0.1) is 5.92 Å². The molecular weight excluding hydrogens is 292 g/mol. The van der Waals surface area contributed by atoms with Gasteiger partial charge in [0.05, 0.1) is 12.7 Å². The van der Waals surface area contributed by atoms with Gasteiger partial charge < -0.3 is 14.3 Å². The Labute approximate surface area is 136 Å². The van der Waals surface area contributed by atoms with Crippen molar-refractivity contribution in [3.8, 4) is 11.5 Å². The molecule has 0 heterocycles. The van der Waals surface area contributed by atoms with E-state index >= 15 is 0 Å². The van der Waals surface area contributed by atoms with E-state index in [0.717, 1.165) is 18.3 Å². The lowest BCUT2D eigenvalue weighted by molar-refractivity contribution is -0.111. The normalized spacial score (nSPS) is 11.6. The maximum absolute atomic E-state index is 12.1. The molecule has 1 atom stereocenters. The molecule has 2 rings (SSSR count). The number of aldehydes is 1. The fraction of sp³-hybridized carbons (Fsp3) is 0.263. The van der Waals surface area contributed by atoms with Gasteiger partial charge in [-0.1, -0.05) is 19.1 Å². The molecule has 2 aromatic rings. The number of methoxy groups -OCH3 is 1. The molecule has 0 saturated heterocycles. The van der Waals surface area contributed by atoms with Crippen molar-refractivity contribution < 1.29 is 19.1 Å². The van der Waals surface area contributed by atoms with Crippen molar-refractivity contribution in [1.82, 2.24) is 0 Å². The molecule has 0 aliphatic carbocycles. The first-order valence-corrected chi connectivity index (χ1v) is 7.56. The summed E-state index contributed by atoms with van der Waals surface area (Å²) in [6, 6.07) is 14.0. The molecule has 23 heavy (non-hydrogen) atoms. The van der Waals surface area contributed by atoms with Crippen molar-refractivity contribution in [2.75, 3.05) is 7.11 Å². The van der Waals surface area contributed by atoms with Crippen LogP contribution in [0.4, 0.5) is 0 Å². The molecular formula is C19H20O4. The summed E-state index contributed by atoms with van der Waals surface area (Å²) in [4.78, 5) is 22.9. The predicted molar refractivity (Wildman–Crippen MR) is 87.9 cm³/mol. The smallest absolute Gasteiger partial charge is 0.343 e. The van der Waals surface area contributed by atoms with Gasteiger partial charge in [-0.2, -0.15) is 0 Å². The first-order chi connectivity index (χ1) is 11.2. The molecule has 0 spiro atoms. The Kier molecular flexibility index (Phi) is 5.92. The molecule has 0 N–H and O–H groups in total. The van der Waals surface area contributed by atoms with Crippen molar-refractivity contribution in [1.29, 1.82) is 0 Å². The lowest BCUT2D eigenvalue weighted by Gasteiger charge is -2.09. The highest BCUT2D eigenvalue weighted by Gasteiger charge is 2.10. The van der Waals surface area contributed by atoms with Gasteiger partial charge in [0.1, 0.15) is 17.8 Å². The molecule has 0 bridgehead atoms. The van der Waals surface area contributed by atoms with Gasteiger partial charge in [0.25, 0.3) is 0 Å². The third-order valence-corrected chi connectivity index (χ3v) is 3.67. The summed E-state index contributed by atoms with van der Waals surface area (Å²) in [5.74, 6) is 0.780. The summed E-state index contributed by atoms with van der Waals surface area (Å²) in [5.41, 5.74) is 1.51. The number of hydrogen-bond acceptors (Lipinski definition) is 4. The van der Waals surface area contributed by atoms with Crippen molar-refractivity contribution >= 4 is 12.3 Å². The lowest BCUT2D eigenvalue weighted by Crippen LogP contribution is -2.08. The van der Waals surface area contributed by atoms with Crippen LogP contribution in [-0.4, -0.2) is 19.4 Å². The highest BCUT2D eigenvalue weighted by atomic mass is 16.5. The predicted octanol–water partition coefficient (Wildman–Crippen LogP) is 3.68. The Morgan fingerprint density at radius 1 is 1.04 bits per heavy atom. The third kappa shape index (κ3) is 4.68. The van der Waals surface area contributed by atoms with E-state index in [1.54, 1.807) is 43.5 Å². The van der Waals surface area contributed by atoms with E-state index in [-0.39, 0.29) is 5.92 Å². The number of carbonyl (C=O) groups is 2. The Morgan fingerprint density at radius 3 is 2.17 bits per heavy atom. The fourth-order valence-corrected chi connectivity index (χ4v) is 2.18. The number of hydrogen-bond donors (Lipinski definition) is 0. The van der Waals surface area contributed by atoms with Crippen LogP contribution in [0.1, 0.15) is 29.3 Å². The van der Waals surface area contributed by atoms with E-state index in [9.17, 15) is 9.59 Å². The number of esters is 1. The Morgan fingerprint density at radius 2 is 1.65 bits per heavy atom. The summed E-state index contributed by atoms with van der Waals surface area (Å²) in [7, 11) is 1.57. The van der Waals surface area contributed by atoms with Crippen molar-refractivity contribution in [3.63, 3.8) is 0 Å². The molecule has 4 heteroatoms. The first kappa shape index (κ1) is 16.7. The van der Waals surface area contributed by atoms with Crippen LogP contribution in [0.2, 0.25) is 0 Å². The van der Waals surface area contributed by atoms with E-state index in [1.807, 2.05) is 19.1 Å². The number of rotatable bonds is 7. The van der Waals surface area contributed by atoms with Crippen LogP contribution in [0.25, 0.3) is 0 Å². The Hall–Kier alpha value is -2.62.